The summed E-state index contributed by atoms with van der Waals surface area (Å²) in [5, 5.41) is 0. The minimum atomic E-state index is -3.30. The Kier molecular flexibility index (Phi) is 1.72. The molecule has 0 radical (unpaired) electrons. The van der Waals surface area contributed by atoms with E-state index in [0.29, 0.717) is 16.2 Å². The molecule has 0 bridgehead atoms. The minimum absolute atomic E-state index is 0.266. The fourth-order valence-electron chi connectivity index (χ4n) is 1.70. The number of benzene rings is 1. The van der Waals surface area contributed by atoms with Gasteiger partial charge in [0.1, 0.15) is 0 Å². The summed E-state index contributed by atoms with van der Waals surface area (Å²) in [5.74, 6) is 0. The lowest BCUT2D eigenvalue weighted by Crippen LogP contribution is -1.98. The highest BCUT2D eigenvalue weighted by Gasteiger charge is 2.32. The molecule has 0 saturated carbocycles. The Morgan fingerprint density at radius 3 is 2.43 bits per heavy atom. The zero-order valence-electron chi connectivity index (χ0n) is 8.03. The zero-order chi connectivity index (χ0) is 10.5. The molecule has 0 fully saturated rings. The van der Waals surface area contributed by atoms with Crippen molar-refractivity contribution in [1.82, 2.24) is 0 Å². The first kappa shape index (κ1) is 9.27. The first-order valence-corrected chi connectivity index (χ1v) is 5.76. The van der Waals surface area contributed by atoms with E-state index < -0.39 is 9.84 Å². The summed E-state index contributed by atoms with van der Waals surface area (Å²) in [6.45, 7) is 3.41. The van der Waals surface area contributed by atoms with Gasteiger partial charge in [-0.25, -0.2) is 8.42 Å². The molecule has 3 nitrogen and oxygen atoms in total. The molecule has 0 amide bonds. The second kappa shape index (κ2) is 2.60. The molecule has 0 aromatic heterocycles. The number of allylic oxidation sites excluding steroid dienone is 1. The lowest BCUT2D eigenvalue weighted by Gasteiger charge is -2.02. The molecule has 0 spiro atoms. The van der Waals surface area contributed by atoms with Gasteiger partial charge in [-0.2, -0.15) is 0 Å². The average Bonchev–Trinajstić information content (AvgIpc) is 2.30. The van der Waals surface area contributed by atoms with Crippen LogP contribution >= 0.6 is 0 Å². The van der Waals surface area contributed by atoms with Crippen LogP contribution in [0, 0.1) is 6.92 Å². The van der Waals surface area contributed by atoms with E-state index in [1.54, 1.807) is 19.1 Å². The normalized spacial score (nSPS) is 18.4. The van der Waals surface area contributed by atoms with Gasteiger partial charge in [-0.05, 0) is 25.5 Å². The van der Waals surface area contributed by atoms with E-state index in [2.05, 4.69) is 0 Å². The maximum Gasteiger partial charge on any atom is 0.205 e. The fraction of sp³-hybridized carbons (Fsp3) is 0.200. The molecule has 4 heteroatoms. The standard InChI is InChI=1S/C10H11NO2S/c1-6-4-3-5-8-9(6)10(11)7(2)14(8,12)13/h3-5H,11H2,1-2H3. The van der Waals surface area contributed by atoms with Gasteiger partial charge in [-0.1, -0.05) is 12.1 Å². The zero-order valence-corrected chi connectivity index (χ0v) is 8.85. The van der Waals surface area contributed by atoms with Gasteiger partial charge in [-0.3, -0.25) is 0 Å². The van der Waals surface area contributed by atoms with Crippen LogP contribution in [-0.2, 0) is 9.84 Å². The van der Waals surface area contributed by atoms with Crippen LogP contribution in [0.3, 0.4) is 0 Å². The molecule has 1 aromatic rings. The molecule has 2 N–H and O–H groups in total. The number of hydrogen-bond donors (Lipinski definition) is 1. The second-order valence-electron chi connectivity index (χ2n) is 3.42. The van der Waals surface area contributed by atoms with E-state index in [0.717, 1.165) is 5.56 Å². The number of hydrogen-bond acceptors (Lipinski definition) is 3. The van der Waals surface area contributed by atoms with Crippen molar-refractivity contribution in [3.05, 3.63) is 34.2 Å². The first-order valence-electron chi connectivity index (χ1n) is 4.27. The van der Waals surface area contributed by atoms with Gasteiger partial charge in [0.25, 0.3) is 0 Å². The highest BCUT2D eigenvalue weighted by Crippen LogP contribution is 2.37. The first-order chi connectivity index (χ1) is 6.46. The third kappa shape index (κ3) is 0.944. The van der Waals surface area contributed by atoms with E-state index in [-0.39, 0.29) is 4.91 Å². The molecule has 0 aliphatic carbocycles. The van der Waals surface area contributed by atoms with Crippen molar-refractivity contribution in [2.75, 3.05) is 0 Å². The Hall–Kier alpha value is -1.29. The van der Waals surface area contributed by atoms with Crippen molar-refractivity contribution in [2.45, 2.75) is 18.7 Å². The lowest BCUT2D eigenvalue weighted by atomic mass is 10.1. The number of rotatable bonds is 0. The molecule has 14 heavy (non-hydrogen) atoms. The topological polar surface area (TPSA) is 60.2 Å². The van der Waals surface area contributed by atoms with Gasteiger partial charge in [0, 0.05) is 5.56 Å². The predicted molar refractivity (Wildman–Crippen MR) is 55.1 cm³/mol. The Bertz CT molecular complexity index is 541. The molecule has 1 aliphatic rings. The van der Waals surface area contributed by atoms with Crippen molar-refractivity contribution >= 4 is 15.5 Å². The monoisotopic (exact) mass is 209 g/mol. The van der Waals surface area contributed by atoms with Crippen molar-refractivity contribution in [3.63, 3.8) is 0 Å². The number of aryl methyl sites for hydroxylation is 1. The van der Waals surface area contributed by atoms with Gasteiger partial charge in [0.2, 0.25) is 9.84 Å². The van der Waals surface area contributed by atoms with Gasteiger partial charge in [0.15, 0.2) is 0 Å². The summed E-state index contributed by atoms with van der Waals surface area (Å²) in [4.78, 5) is 0.606. The number of sulfone groups is 1. The molecule has 0 unspecified atom stereocenters. The molecule has 2 rings (SSSR count). The van der Waals surface area contributed by atoms with E-state index in [1.807, 2.05) is 13.0 Å². The van der Waals surface area contributed by atoms with E-state index in [4.69, 9.17) is 5.73 Å². The number of fused-ring (bicyclic) bond motifs is 1. The summed E-state index contributed by atoms with van der Waals surface area (Å²) in [6, 6.07) is 5.19. The van der Waals surface area contributed by atoms with E-state index >= 15 is 0 Å². The van der Waals surface area contributed by atoms with Crippen molar-refractivity contribution in [3.8, 4) is 0 Å². The maximum atomic E-state index is 11.8. The van der Waals surface area contributed by atoms with E-state index in [9.17, 15) is 8.42 Å². The van der Waals surface area contributed by atoms with E-state index in [1.165, 1.54) is 0 Å². The smallest absolute Gasteiger partial charge is 0.205 e. The third-order valence-corrected chi connectivity index (χ3v) is 4.52. The molecule has 1 heterocycles. The Morgan fingerprint density at radius 2 is 1.86 bits per heavy atom. The highest BCUT2D eigenvalue weighted by molar-refractivity contribution is 7.95. The Morgan fingerprint density at radius 1 is 1.21 bits per heavy atom. The van der Waals surface area contributed by atoms with Crippen molar-refractivity contribution in [1.29, 1.82) is 0 Å². The lowest BCUT2D eigenvalue weighted by molar-refractivity contribution is 0.603. The van der Waals surface area contributed by atoms with Crippen molar-refractivity contribution in [2.24, 2.45) is 5.73 Å². The second-order valence-corrected chi connectivity index (χ2v) is 5.48. The molecule has 1 aromatic carbocycles. The quantitative estimate of drug-likeness (QED) is 0.703. The third-order valence-electron chi connectivity index (χ3n) is 2.58. The molecule has 74 valence electrons. The predicted octanol–water partition coefficient (Wildman–Crippen LogP) is 1.43. The summed E-state index contributed by atoms with van der Waals surface area (Å²) < 4.78 is 23.6. The van der Waals surface area contributed by atoms with Crippen molar-refractivity contribution < 1.29 is 8.42 Å². The highest BCUT2D eigenvalue weighted by atomic mass is 32.2. The number of nitrogens with two attached hydrogens (primary N) is 1. The summed E-state index contributed by atoms with van der Waals surface area (Å²) in [6.07, 6.45) is 0. The SMILES string of the molecule is CC1=C(N)c2c(C)cccc2S1(=O)=O. The van der Waals surface area contributed by atoms with Crippen LogP contribution in [0.5, 0.6) is 0 Å². The molecule has 0 atom stereocenters. The summed E-state index contributed by atoms with van der Waals surface area (Å²) in [7, 11) is -3.30. The minimum Gasteiger partial charge on any atom is -0.397 e. The molecule has 1 aliphatic heterocycles. The largest absolute Gasteiger partial charge is 0.397 e. The molecule has 0 saturated heterocycles. The maximum absolute atomic E-state index is 11.8. The van der Waals surface area contributed by atoms with Gasteiger partial charge < -0.3 is 5.73 Å². The van der Waals surface area contributed by atoms with Gasteiger partial charge >= 0.3 is 0 Å². The summed E-state index contributed by atoms with van der Waals surface area (Å²) in [5.41, 5.74) is 7.73. The summed E-state index contributed by atoms with van der Waals surface area (Å²) >= 11 is 0. The fourth-order valence-corrected chi connectivity index (χ4v) is 3.21. The van der Waals surface area contributed by atoms with Crippen LogP contribution in [0.2, 0.25) is 0 Å². The van der Waals surface area contributed by atoms with Crippen LogP contribution < -0.4 is 5.73 Å². The van der Waals surface area contributed by atoms with Crippen LogP contribution in [0.1, 0.15) is 18.1 Å². The Balaban J connectivity index is 2.94. The van der Waals surface area contributed by atoms with Gasteiger partial charge in [-0.15, -0.1) is 0 Å². The van der Waals surface area contributed by atoms with Crippen LogP contribution in [0.4, 0.5) is 0 Å². The average molecular weight is 209 g/mol. The Labute approximate surface area is 83.2 Å². The molecular formula is C10H11NO2S. The van der Waals surface area contributed by atoms with Crippen LogP contribution in [-0.4, -0.2) is 8.42 Å². The van der Waals surface area contributed by atoms with Crippen LogP contribution in [0.25, 0.3) is 5.70 Å². The van der Waals surface area contributed by atoms with Gasteiger partial charge in [0.05, 0.1) is 15.5 Å². The van der Waals surface area contributed by atoms with Crippen LogP contribution in [0.15, 0.2) is 28.0 Å². The molecular weight excluding hydrogens is 198 g/mol.